The topological polar surface area (TPSA) is 72.9 Å². The third kappa shape index (κ3) is 3.38. The number of β-amino-alcohol motifs (C(OH)–C–C–N with tert-alkyl or cyclic N) is 1. The fourth-order valence-electron chi connectivity index (χ4n) is 3.75. The third-order valence-corrected chi connectivity index (χ3v) is 5.38. The van der Waals surface area contributed by atoms with E-state index in [9.17, 15) is 14.7 Å². The van der Waals surface area contributed by atoms with Crippen LogP contribution < -0.4 is 10.2 Å². The number of halogens is 1. The van der Waals surface area contributed by atoms with Crippen LogP contribution in [0.4, 0.5) is 10.5 Å². The molecule has 3 amide bonds. The van der Waals surface area contributed by atoms with Crippen LogP contribution in [0.1, 0.15) is 28.4 Å². The Morgan fingerprint density at radius 1 is 1.19 bits per heavy atom. The van der Waals surface area contributed by atoms with Gasteiger partial charge in [0.15, 0.2) is 0 Å². The Bertz CT molecular complexity index is 874. The second-order valence-corrected chi connectivity index (χ2v) is 7.23. The predicted molar refractivity (Wildman–Crippen MR) is 103 cm³/mol. The van der Waals surface area contributed by atoms with Gasteiger partial charge in [0.1, 0.15) is 0 Å². The summed E-state index contributed by atoms with van der Waals surface area (Å²) < 4.78 is 0. The highest BCUT2D eigenvalue weighted by Gasteiger charge is 2.36. The predicted octanol–water partition coefficient (Wildman–Crippen LogP) is 2.82. The van der Waals surface area contributed by atoms with Crippen molar-refractivity contribution >= 4 is 29.2 Å². The summed E-state index contributed by atoms with van der Waals surface area (Å²) in [6.45, 7) is 1.33. The number of likely N-dealkylation sites (tertiary alicyclic amines) is 1. The molecule has 0 bridgehead atoms. The van der Waals surface area contributed by atoms with Gasteiger partial charge in [-0.05, 0) is 30.2 Å². The van der Waals surface area contributed by atoms with Gasteiger partial charge in [-0.2, -0.15) is 0 Å². The molecular formula is C20H20ClN3O3. The Balaban J connectivity index is 1.65. The molecule has 2 fully saturated rings. The van der Waals surface area contributed by atoms with E-state index in [0.29, 0.717) is 35.8 Å². The van der Waals surface area contributed by atoms with Crippen molar-refractivity contribution in [1.29, 1.82) is 0 Å². The summed E-state index contributed by atoms with van der Waals surface area (Å²) in [5.74, 6) is -0.182. The standard InChI is InChI=1S/C20H20ClN3O3/c21-16-7-6-14(10-18(16)23-9-8-22-20(23)27)19(26)24-12-15(25)11-17(24)13-4-2-1-3-5-13/h1-7,10,15,17,25H,8-9,11-12H2,(H,22,27). The van der Waals surface area contributed by atoms with Crippen molar-refractivity contribution < 1.29 is 14.7 Å². The highest BCUT2D eigenvalue weighted by molar-refractivity contribution is 6.34. The van der Waals surface area contributed by atoms with Gasteiger partial charge >= 0.3 is 6.03 Å². The molecule has 2 aromatic rings. The molecule has 0 radical (unpaired) electrons. The fraction of sp³-hybridized carbons (Fsp3) is 0.300. The molecule has 6 nitrogen and oxygen atoms in total. The van der Waals surface area contributed by atoms with E-state index in [1.807, 2.05) is 30.3 Å². The first-order valence-electron chi connectivity index (χ1n) is 8.93. The highest BCUT2D eigenvalue weighted by atomic mass is 35.5. The van der Waals surface area contributed by atoms with Crippen LogP contribution in [0.3, 0.4) is 0 Å². The zero-order valence-corrected chi connectivity index (χ0v) is 15.4. The second kappa shape index (κ2) is 7.21. The van der Waals surface area contributed by atoms with Crippen LogP contribution in [0.2, 0.25) is 5.02 Å². The molecule has 0 saturated carbocycles. The van der Waals surface area contributed by atoms with Crippen LogP contribution in [-0.2, 0) is 0 Å². The van der Waals surface area contributed by atoms with Crippen LogP contribution in [0.5, 0.6) is 0 Å². The largest absolute Gasteiger partial charge is 0.391 e. The maximum absolute atomic E-state index is 13.2. The molecule has 2 heterocycles. The van der Waals surface area contributed by atoms with Gasteiger partial charge in [-0.1, -0.05) is 41.9 Å². The van der Waals surface area contributed by atoms with Crippen molar-refractivity contribution in [2.75, 3.05) is 24.5 Å². The maximum atomic E-state index is 13.2. The number of nitrogens with zero attached hydrogens (tertiary/aromatic N) is 2. The molecule has 7 heteroatoms. The minimum atomic E-state index is -0.560. The summed E-state index contributed by atoms with van der Waals surface area (Å²) in [5, 5.41) is 13.3. The van der Waals surface area contributed by atoms with Crippen LogP contribution in [0, 0.1) is 0 Å². The van der Waals surface area contributed by atoms with Crippen LogP contribution in [-0.4, -0.2) is 47.7 Å². The lowest BCUT2D eigenvalue weighted by molar-refractivity contribution is 0.0716. The van der Waals surface area contributed by atoms with E-state index in [2.05, 4.69) is 5.32 Å². The molecule has 4 rings (SSSR count). The molecule has 140 valence electrons. The van der Waals surface area contributed by atoms with E-state index in [-0.39, 0.29) is 24.5 Å². The zero-order chi connectivity index (χ0) is 19.0. The fourth-order valence-corrected chi connectivity index (χ4v) is 3.97. The van der Waals surface area contributed by atoms with E-state index < -0.39 is 6.10 Å². The third-order valence-electron chi connectivity index (χ3n) is 5.06. The average Bonchev–Trinajstić information content (AvgIpc) is 3.28. The lowest BCUT2D eigenvalue weighted by Gasteiger charge is -2.25. The number of amides is 3. The first-order valence-corrected chi connectivity index (χ1v) is 9.31. The molecule has 2 aliphatic rings. The number of nitrogens with one attached hydrogen (secondary N) is 1. The van der Waals surface area contributed by atoms with Gasteiger partial charge in [-0.25, -0.2) is 4.79 Å². The molecule has 2 saturated heterocycles. The summed E-state index contributed by atoms with van der Waals surface area (Å²) in [7, 11) is 0. The summed E-state index contributed by atoms with van der Waals surface area (Å²) in [6, 6.07) is 14.3. The van der Waals surface area contributed by atoms with Crippen LogP contribution in [0.15, 0.2) is 48.5 Å². The number of anilines is 1. The maximum Gasteiger partial charge on any atom is 0.322 e. The lowest BCUT2D eigenvalue weighted by Crippen LogP contribution is -2.32. The van der Waals surface area contributed by atoms with Crippen molar-refractivity contribution in [3.63, 3.8) is 0 Å². The minimum absolute atomic E-state index is 0.178. The van der Waals surface area contributed by atoms with Gasteiger partial charge in [0.05, 0.1) is 22.9 Å². The lowest BCUT2D eigenvalue weighted by atomic mass is 10.0. The summed E-state index contributed by atoms with van der Waals surface area (Å²) in [5.41, 5.74) is 1.97. The Kier molecular flexibility index (Phi) is 4.76. The van der Waals surface area contributed by atoms with E-state index >= 15 is 0 Å². The Labute approximate surface area is 162 Å². The van der Waals surface area contributed by atoms with Crippen molar-refractivity contribution in [1.82, 2.24) is 10.2 Å². The molecule has 2 unspecified atom stereocenters. The van der Waals surface area contributed by atoms with Gasteiger partial charge < -0.3 is 15.3 Å². The van der Waals surface area contributed by atoms with Crippen LogP contribution >= 0.6 is 11.6 Å². The second-order valence-electron chi connectivity index (χ2n) is 6.82. The SMILES string of the molecule is O=C1NCCN1c1cc(C(=O)N2CC(O)CC2c2ccccc2)ccc1Cl. The van der Waals surface area contributed by atoms with Crippen molar-refractivity contribution in [3.8, 4) is 0 Å². The number of hydrogen-bond acceptors (Lipinski definition) is 3. The molecule has 2 atom stereocenters. The molecule has 27 heavy (non-hydrogen) atoms. The number of carbonyl (C=O) groups excluding carboxylic acids is 2. The Morgan fingerprint density at radius 2 is 1.96 bits per heavy atom. The molecule has 0 aromatic heterocycles. The Hall–Kier alpha value is -2.57. The molecule has 2 aliphatic heterocycles. The van der Waals surface area contributed by atoms with Gasteiger partial charge in [-0.15, -0.1) is 0 Å². The first kappa shape index (κ1) is 17.8. The van der Waals surface area contributed by atoms with Crippen molar-refractivity contribution in [2.45, 2.75) is 18.6 Å². The summed E-state index contributed by atoms with van der Waals surface area (Å²) in [6.07, 6.45) is -0.0552. The van der Waals surface area contributed by atoms with Crippen molar-refractivity contribution in [2.24, 2.45) is 0 Å². The number of benzene rings is 2. The molecular weight excluding hydrogens is 366 g/mol. The first-order chi connectivity index (χ1) is 13.0. The molecule has 2 N–H and O–H groups in total. The van der Waals surface area contributed by atoms with E-state index in [1.54, 1.807) is 23.1 Å². The normalized spacial score (nSPS) is 22.2. The number of urea groups is 1. The van der Waals surface area contributed by atoms with Gasteiger partial charge in [0.25, 0.3) is 5.91 Å². The number of aliphatic hydroxyl groups is 1. The monoisotopic (exact) mass is 385 g/mol. The smallest absolute Gasteiger partial charge is 0.322 e. The quantitative estimate of drug-likeness (QED) is 0.853. The number of rotatable bonds is 3. The number of carbonyl (C=O) groups is 2. The van der Waals surface area contributed by atoms with Crippen molar-refractivity contribution in [3.05, 3.63) is 64.7 Å². The van der Waals surface area contributed by atoms with Gasteiger partial charge in [0, 0.05) is 25.2 Å². The van der Waals surface area contributed by atoms with E-state index in [1.165, 1.54) is 4.90 Å². The zero-order valence-electron chi connectivity index (χ0n) is 14.6. The Morgan fingerprint density at radius 3 is 2.67 bits per heavy atom. The number of hydrogen-bond donors (Lipinski definition) is 2. The van der Waals surface area contributed by atoms with E-state index in [4.69, 9.17) is 11.6 Å². The average molecular weight is 386 g/mol. The highest BCUT2D eigenvalue weighted by Crippen LogP contribution is 2.35. The molecule has 0 aliphatic carbocycles. The van der Waals surface area contributed by atoms with Gasteiger partial charge in [-0.3, -0.25) is 9.69 Å². The molecule has 0 spiro atoms. The summed E-state index contributed by atoms with van der Waals surface area (Å²) >= 11 is 6.27. The number of aliphatic hydroxyl groups excluding tert-OH is 1. The van der Waals surface area contributed by atoms with Gasteiger partial charge in [0.2, 0.25) is 0 Å². The molecule has 2 aromatic carbocycles. The van der Waals surface area contributed by atoms with E-state index in [0.717, 1.165) is 5.56 Å². The van der Waals surface area contributed by atoms with Crippen LogP contribution in [0.25, 0.3) is 0 Å². The minimum Gasteiger partial charge on any atom is -0.391 e. The summed E-state index contributed by atoms with van der Waals surface area (Å²) in [4.78, 5) is 28.4.